The van der Waals surface area contributed by atoms with E-state index in [4.69, 9.17) is 13.7 Å². The van der Waals surface area contributed by atoms with Crippen LogP contribution in [-0.4, -0.2) is 49.4 Å². The number of aryl methyl sites for hydroxylation is 3. The Hall–Kier alpha value is -3.27. The smallest absolute Gasteiger partial charge is 0.251 e. The first kappa shape index (κ1) is 19.7. The second-order valence-electron chi connectivity index (χ2n) is 7.76. The largest absolute Gasteiger partial charge is 0.420 e. The van der Waals surface area contributed by atoms with Gasteiger partial charge in [-0.3, -0.25) is 0 Å². The molecule has 0 aliphatic carbocycles. The Morgan fingerprint density at radius 3 is 2.74 bits per heavy atom. The van der Waals surface area contributed by atoms with E-state index < -0.39 is 0 Å². The van der Waals surface area contributed by atoms with Crippen LogP contribution in [0.4, 0.5) is 5.69 Å². The summed E-state index contributed by atoms with van der Waals surface area (Å²) in [5.74, 6) is 1.69. The number of aromatic nitrogens is 6. The molecule has 0 radical (unpaired) electrons. The lowest BCUT2D eigenvalue weighted by Crippen LogP contribution is -2.28. The van der Waals surface area contributed by atoms with Gasteiger partial charge in [-0.15, -0.1) is 10.2 Å². The maximum atomic E-state index is 6.04. The van der Waals surface area contributed by atoms with Gasteiger partial charge in [0.1, 0.15) is 5.76 Å². The van der Waals surface area contributed by atoms with Gasteiger partial charge in [0.05, 0.1) is 34.9 Å². The standard InChI is InChI=1S/C21H25N7O3/c1-4-28-20-16(11-23-28)19(24-14-5-7-29-8-6-14)17(10-22-20)21-26-25-18(30-21)9-15-12(2)27-31-13(15)3/h10-11,14H,4-9H2,1-3H3,(H,22,24). The molecule has 1 N–H and O–H groups in total. The third-order valence-corrected chi connectivity index (χ3v) is 5.74. The van der Waals surface area contributed by atoms with Crippen LogP contribution in [0.1, 0.15) is 42.7 Å². The zero-order valence-electron chi connectivity index (χ0n) is 17.9. The first-order chi connectivity index (χ1) is 15.1. The number of anilines is 1. The van der Waals surface area contributed by atoms with Crippen LogP contribution >= 0.6 is 0 Å². The van der Waals surface area contributed by atoms with Crippen LogP contribution in [0.5, 0.6) is 0 Å². The summed E-state index contributed by atoms with van der Waals surface area (Å²) >= 11 is 0. The summed E-state index contributed by atoms with van der Waals surface area (Å²) in [4.78, 5) is 4.64. The number of nitrogens with one attached hydrogen (secondary N) is 1. The van der Waals surface area contributed by atoms with Crippen molar-refractivity contribution in [1.29, 1.82) is 0 Å². The van der Waals surface area contributed by atoms with E-state index >= 15 is 0 Å². The highest BCUT2D eigenvalue weighted by atomic mass is 16.5. The number of fused-ring (bicyclic) bond motifs is 1. The summed E-state index contributed by atoms with van der Waals surface area (Å²) < 4.78 is 18.7. The molecule has 1 aliphatic heterocycles. The predicted octanol–water partition coefficient (Wildman–Crippen LogP) is 3.29. The van der Waals surface area contributed by atoms with Crippen LogP contribution in [0.15, 0.2) is 21.3 Å². The summed E-state index contributed by atoms with van der Waals surface area (Å²) in [6, 6.07) is 0.299. The Morgan fingerprint density at radius 1 is 1.16 bits per heavy atom. The number of hydrogen-bond acceptors (Lipinski definition) is 9. The van der Waals surface area contributed by atoms with Crippen molar-refractivity contribution in [2.24, 2.45) is 0 Å². The van der Waals surface area contributed by atoms with Gasteiger partial charge in [-0.05, 0) is 33.6 Å². The number of pyridine rings is 1. The topological polar surface area (TPSA) is 117 Å². The first-order valence-corrected chi connectivity index (χ1v) is 10.6. The van der Waals surface area contributed by atoms with Crippen molar-refractivity contribution in [2.75, 3.05) is 18.5 Å². The van der Waals surface area contributed by atoms with Gasteiger partial charge in [0.15, 0.2) is 5.65 Å². The monoisotopic (exact) mass is 423 g/mol. The van der Waals surface area contributed by atoms with Gasteiger partial charge in [0, 0.05) is 37.6 Å². The van der Waals surface area contributed by atoms with Crippen molar-refractivity contribution in [3.8, 4) is 11.5 Å². The Labute approximate surface area is 179 Å². The number of rotatable bonds is 6. The zero-order valence-corrected chi connectivity index (χ0v) is 17.9. The van der Waals surface area contributed by atoms with Crippen LogP contribution in [0.2, 0.25) is 0 Å². The maximum absolute atomic E-state index is 6.04. The van der Waals surface area contributed by atoms with E-state index in [1.165, 1.54) is 0 Å². The van der Waals surface area contributed by atoms with Crippen molar-refractivity contribution < 1.29 is 13.7 Å². The lowest BCUT2D eigenvalue weighted by atomic mass is 10.1. The minimum absolute atomic E-state index is 0.299. The molecule has 162 valence electrons. The molecule has 5 heterocycles. The summed E-state index contributed by atoms with van der Waals surface area (Å²) in [7, 11) is 0. The molecule has 0 bridgehead atoms. The summed E-state index contributed by atoms with van der Waals surface area (Å²) in [5.41, 5.74) is 4.32. The van der Waals surface area contributed by atoms with E-state index in [2.05, 4.69) is 30.8 Å². The molecule has 0 aromatic carbocycles. The van der Waals surface area contributed by atoms with Gasteiger partial charge in [-0.1, -0.05) is 5.16 Å². The number of ether oxygens (including phenoxy) is 1. The van der Waals surface area contributed by atoms with Gasteiger partial charge in [0.25, 0.3) is 5.89 Å². The fourth-order valence-corrected chi connectivity index (χ4v) is 3.96. The molecule has 0 spiro atoms. The molecule has 10 nitrogen and oxygen atoms in total. The summed E-state index contributed by atoms with van der Waals surface area (Å²) in [6.07, 6.45) is 5.97. The van der Waals surface area contributed by atoms with Gasteiger partial charge in [-0.25, -0.2) is 9.67 Å². The van der Waals surface area contributed by atoms with Crippen LogP contribution in [0, 0.1) is 13.8 Å². The average molecular weight is 423 g/mol. The third-order valence-electron chi connectivity index (χ3n) is 5.74. The Kier molecular flexibility index (Phi) is 5.14. The van der Waals surface area contributed by atoms with Crippen LogP contribution < -0.4 is 5.32 Å². The molecule has 0 amide bonds. The molecule has 1 fully saturated rings. The highest BCUT2D eigenvalue weighted by Crippen LogP contribution is 2.34. The summed E-state index contributed by atoms with van der Waals surface area (Å²) in [6.45, 7) is 8.07. The minimum Gasteiger partial charge on any atom is -0.420 e. The normalized spacial score (nSPS) is 15.1. The highest BCUT2D eigenvalue weighted by Gasteiger charge is 2.23. The molecule has 4 aromatic heterocycles. The Morgan fingerprint density at radius 2 is 2.00 bits per heavy atom. The van der Waals surface area contributed by atoms with Crippen molar-refractivity contribution in [2.45, 2.75) is 52.6 Å². The number of hydrogen-bond donors (Lipinski definition) is 1. The molecule has 0 saturated carbocycles. The van der Waals surface area contributed by atoms with Crippen molar-refractivity contribution >= 4 is 16.7 Å². The molecule has 0 unspecified atom stereocenters. The minimum atomic E-state index is 0.299. The van der Waals surface area contributed by atoms with E-state index in [9.17, 15) is 0 Å². The van der Waals surface area contributed by atoms with Gasteiger partial charge >= 0.3 is 0 Å². The maximum Gasteiger partial charge on any atom is 0.251 e. The van der Waals surface area contributed by atoms with Crippen molar-refractivity contribution in [3.63, 3.8) is 0 Å². The van der Waals surface area contributed by atoms with Gasteiger partial charge in [-0.2, -0.15) is 5.10 Å². The average Bonchev–Trinajstić information content (AvgIpc) is 3.50. The highest BCUT2D eigenvalue weighted by molar-refractivity contribution is 5.96. The Bertz CT molecular complexity index is 1180. The van der Waals surface area contributed by atoms with E-state index in [0.29, 0.717) is 24.2 Å². The van der Waals surface area contributed by atoms with Crippen LogP contribution in [0.25, 0.3) is 22.5 Å². The third kappa shape index (κ3) is 3.67. The van der Waals surface area contributed by atoms with E-state index in [0.717, 1.165) is 71.9 Å². The van der Waals surface area contributed by atoms with Crippen LogP contribution in [0.3, 0.4) is 0 Å². The SMILES string of the molecule is CCn1ncc2c(NC3CCOCC3)c(-c3nnc(Cc4c(C)noc4C)o3)cnc21. The van der Waals surface area contributed by atoms with E-state index in [1.54, 1.807) is 6.20 Å². The lowest BCUT2D eigenvalue weighted by molar-refractivity contribution is 0.0905. The molecule has 0 atom stereocenters. The molecule has 1 saturated heterocycles. The van der Waals surface area contributed by atoms with Crippen molar-refractivity contribution in [1.82, 2.24) is 30.1 Å². The molecule has 4 aromatic rings. The van der Waals surface area contributed by atoms with Gasteiger partial charge in [0.2, 0.25) is 5.89 Å². The second-order valence-corrected chi connectivity index (χ2v) is 7.76. The molecule has 10 heteroatoms. The first-order valence-electron chi connectivity index (χ1n) is 10.6. The van der Waals surface area contributed by atoms with E-state index in [-0.39, 0.29) is 0 Å². The molecule has 1 aliphatic rings. The molecular weight excluding hydrogens is 398 g/mol. The zero-order chi connectivity index (χ0) is 21.4. The predicted molar refractivity (Wildman–Crippen MR) is 113 cm³/mol. The van der Waals surface area contributed by atoms with Crippen molar-refractivity contribution in [3.05, 3.63) is 35.3 Å². The second kappa shape index (κ2) is 8.10. The lowest BCUT2D eigenvalue weighted by Gasteiger charge is -2.25. The summed E-state index contributed by atoms with van der Waals surface area (Å²) in [5, 5.41) is 21.7. The number of nitrogens with zero attached hydrogens (tertiary/aromatic N) is 6. The molecule has 31 heavy (non-hydrogen) atoms. The van der Waals surface area contributed by atoms with Gasteiger partial charge < -0.3 is 19.0 Å². The molecule has 5 rings (SSSR count). The van der Waals surface area contributed by atoms with E-state index in [1.807, 2.05) is 31.6 Å². The Balaban J connectivity index is 1.53. The fraction of sp³-hybridized carbons (Fsp3) is 0.476. The quantitative estimate of drug-likeness (QED) is 0.498. The molecular formula is C21H25N7O3. The fourth-order valence-electron chi connectivity index (χ4n) is 3.96. The van der Waals surface area contributed by atoms with Crippen LogP contribution in [-0.2, 0) is 17.7 Å².